The maximum Gasteiger partial charge on any atom is 0.267 e. The predicted octanol–water partition coefficient (Wildman–Crippen LogP) is 4.48. The van der Waals surface area contributed by atoms with Crippen LogP contribution in [0.4, 0.5) is 0 Å². The molecule has 9 heteroatoms. The molecule has 1 aliphatic carbocycles. The largest absolute Gasteiger partial charge is 0.495 e. The van der Waals surface area contributed by atoms with Crippen LogP contribution in [0.5, 0.6) is 5.75 Å². The number of para-hydroxylation sites is 2. The summed E-state index contributed by atoms with van der Waals surface area (Å²) in [7, 11) is 1.57. The van der Waals surface area contributed by atoms with Gasteiger partial charge >= 0.3 is 0 Å². The summed E-state index contributed by atoms with van der Waals surface area (Å²) in [4.78, 5) is 33.4. The summed E-state index contributed by atoms with van der Waals surface area (Å²) in [5.41, 5.74) is 0.598. The van der Waals surface area contributed by atoms with Crippen LogP contribution in [-0.4, -0.2) is 33.9 Å². The van der Waals surface area contributed by atoms with E-state index in [9.17, 15) is 14.9 Å². The number of methoxy groups -OCH3 is 1. The topological polar surface area (TPSA) is 97.0 Å². The molecular weight excluding hydrogens is 468 g/mol. The number of carbonyl (C=O) groups excluding carboxylic acids is 1. The van der Waals surface area contributed by atoms with E-state index in [1.165, 1.54) is 16.6 Å². The van der Waals surface area contributed by atoms with Crippen molar-refractivity contribution in [1.29, 1.82) is 5.26 Å². The van der Waals surface area contributed by atoms with E-state index in [4.69, 9.17) is 9.72 Å². The van der Waals surface area contributed by atoms with Crippen LogP contribution in [0.25, 0.3) is 15.9 Å². The van der Waals surface area contributed by atoms with Gasteiger partial charge in [-0.2, -0.15) is 5.26 Å². The minimum absolute atomic E-state index is 0.0299. The minimum Gasteiger partial charge on any atom is -0.495 e. The molecule has 1 aromatic carbocycles. The van der Waals surface area contributed by atoms with E-state index in [1.807, 2.05) is 32.0 Å². The Hall–Kier alpha value is -2.83. The second-order valence-corrected chi connectivity index (χ2v) is 10.9. The highest BCUT2D eigenvalue weighted by Crippen LogP contribution is 2.36. The number of nitriles is 1. The molecule has 34 heavy (non-hydrogen) atoms. The van der Waals surface area contributed by atoms with Gasteiger partial charge in [0.1, 0.15) is 16.1 Å². The predicted molar refractivity (Wildman–Crippen MR) is 136 cm³/mol. The number of thioether (sulfide) groups is 1. The molecule has 1 aliphatic rings. The summed E-state index contributed by atoms with van der Waals surface area (Å²) in [6, 6.07) is 9.51. The first-order chi connectivity index (χ1) is 16.3. The van der Waals surface area contributed by atoms with Crippen molar-refractivity contribution in [2.75, 3.05) is 12.9 Å². The molecule has 0 radical (unpaired) electrons. The molecule has 0 saturated carbocycles. The van der Waals surface area contributed by atoms with Gasteiger partial charge in [-0.15, -0.1) is 11.3 Å². The van der Waals surface area contributed by atoms with Gasteiger partial charge in [-0.25, -0.2) is 4.98 Å². The molecule has 1 atom stereocenters. The van der Waals surface area contributed by atoms with Crippen molar-refractivity contribution in [2.24, 2.45) is 5.92 Å². The van der Waals surface area contributed by atoms with Crippen molar-refractivity contribution < 1.29 is 9.53 Å². The molecule has 0 aliphatic heterocycles. The Balaban J connectivity index is 1.79. The van der Waals surface area contributed by atoms with Crippen molar-refractivity contribution in [1.82, 2.24) is 14.9 Å². The summed E-state index contributed by atoms with van der Waals surface area (Å²) in [5, 5.41) is 13.5. The minimum atomic E-state index is -0.968. The SMILES string of the molecule is COc1ccccc1-n1c(SCC(=O)NC(C)(C#N)C(C)C)nc2sc3c(c2c1=O)CCCC3. The lowest BCUT2D eigenvalue weighted by Gasteiger charge is -2.27. The van der Waals surface area contributed by atoms with Gasteiger partial charge in [0.05, 0.1) is 30.0 Å². The van der Waals surface area contributed by atoms with Gasteiger partial charge in [0.15, 0.2) is 5.16 Å². The van der Waals surface area contributed by atoms with Gasteiger partial charge in [-0.05, 0) is 56.2 Å². The van der Waals surface area contributed by atoms with Crippen molar-refractivity contribution in [3.05, 3.63) is 45.1 Å². The van der Waals surface area contributed by atoms with E-state index in [0.717, 1.165) is 36.1 Å². The smallest absolute Gasteiger partial charge is 0.267 e. The van der Waals surface area contributed by atoms with E-state index < -0.39 is 5.54 Å². The van der Waals surface area contributed by atoms with E-state index in [2.05, 4.69) is 11.4 Å². The number of aromatic nitrogens is 2. The van der Waals surface area contributed by atoms with Crippen molar-refractivity contribution in [2.45, 2.75) is 57.1 Å². The van der Waals surface area contributed by atoms with Crippen LogP contribution < -0.4 is 15.6 Å². The highest BCUT2D eigenvalue weighted by atomic mass is 32.2. The third-order valence-corrected chi connectivity index (χ3v) is 8.53. The zero-order valence-corrected chi connectivity index (χ0v) is 21.4. The van der Waals surface area contributed by atoms with E-state index in [1.54, 1.807) is 36.0 Å². The van der Waals surface area contributed by atoms with Crippen molar-refractivity contribution >= 4 is 39.2 Å². The molecule has 0 saturated heterocycles. The lowest BCUT2D eigenvalue weighted by atomic mass is 9.90. The second kappa shape index (κ2) is 9.80. The first kappa shape index (κ1) is 24.3. The number of fused-ring (bicyclic) bond motifs is 3. The monoisotopic (exact) mass is 496 g/mol. The Morgan fingerprint density at radius 2 is 2.09 bits per heavy atom. The summed E-state index contributed by atoms with van der Waals surface area (Å²) in [6.07, 6.45) is 4.04. The lowest BCUT2D eigenvalue weighted by molar-refractivity contribution is -0.120. The molecule has 0 fully saturated rings. The fourth-order valence-electron chi connectivity index (χ4n) is 4.07. The van der Waals surface area contributed by atoms with Gasteiger partial charge in [0.2, 0.25) is 5.91 Å². The number of rotatable bonds is 7. The van der Waals surface area contributed by atoms with Gasteiger partial charge < -0.3 is 10.1 Å². The van der Waals surface area contributed by atoms with Crippen LogP contribution in [0.15, 0.2) is 34.2 Å². The number of hydrogen-bond acceptors (Lipinski definition) is 7. The molecule has 1 unspecified atom stereocenters. The molecule has 178 valence electrons. The van der Waals surface area contributed by atoms with E-state index >= 15 is 0 Å². The van der Waals surface area contributed by atoms with Gasteiger partial charge in [-0.1, -0.05) is 37.7 Å². The van der Waals surface area contributed by atoms with Crippen LogP contribution in [0, 0.1) is 17.2 Å². The summed E-state index contributed by atoms with van der Waals surface area (Å²) >= 11 is 2.77. The molecule has 2 aromatic heterocycles. The third-order valence-electron chi connectivity index (χ3n) is 6.40. The zero-order chi connectivity index (χ0) is 24.5. The molecule has 0 bridgehead atoms. The Labute approximate surface area is 207 Å². The number of thiophene rings is 1. The van der Waals surface area contributed by atoms with E-state index in [-0.39, 0.29) is 23.1 Å². The summed E-state index contributed by atoms with van der Waals surface area (Å²) < 4.78 is 7.10. The maximum absolute atomic E-state index is 13.9. The molecule has 7 nitrogen and oxygen atoms in total. The van der Waals surface area contributed by atoms with Crippen molar-refractivity contribution in [3.63, 3.8) is 0 Å². The standard InChI is InChI=1S/C25H28N4O3S2/c1-15(2)25(3,14-26)28-20(30)13-33-24-27-22-21(16-9-5-8-12-19(16)34-22)23(31)29(24)17-10-6-7-11-18(17)32-4/h6-7,10-11,15H,5,8-9,12-13H2,1-4H3,(H,28,30). The van der Waals surface area contributed by atoms with Gasteiger partial charge in [0, 0.05) is 4.88 Å². The first-order valence-electron chi connectivity index (χ1n) is 11.3. The van der Waals surface area contributed by atoms with Crippen LogP contribution >= 0.6 is 23.1 Å². The number of carbonyl (C=O) groups is 1. The average molecular weight is 497 g/mol. The maximum atomic E-state index is 13.9. The highest BCUT2D eigenvalue weighted by Gasteiger charge is 2.30. The fraction of sp³-hybridized carbons (Fsp3) is 0.440. The molecule has 3 aromatic rings. The molecule has 4 rings (SSSR count). The zero-order valence-electron chi connectivity index (χ0n) is 19.8. The highest BCUT2D eigenvalue weighted by molar-refractivity contribution is 7.99. The van der Waals surface area contributed by atoms with Crippen LogP contribution in [-0.2, 0) is 17.6 Å². The third kappa shape index (κ3) is 4.44. The lowest BCUT2D eigenvalue weighted by Crippen LogP contribution is -2.49. The van der Waals surface area contributed by atoms with Gasteiger partial charge in [0.25, 0.3) is 5.56 Å². The molecule has 0 spiro atoms. The molecular formula is C25H28N4O3S2. The van der Waals surface area contributed by atoms with Crippen LogP contribution in [0.1, 0.15) is 44.1 Å². The number of nitrogens with one attached hydrogen (secondary N) is 1. The number of aryl methyl sites for hydroxylation is 2. The summed E-state index contributed by atoms with van der Waals surface area (Å²) in [6.45, 7) is 5.50. The molecule has 1 amide bonds. The number of nitrogens with zero attached hydrogens (tertiary/aromatic N) is 3. The normalized spacial score (nSPS) is 14.9. The van der Waals surface area contributed by atoms with E-state index in [0.29, 0.717) is 22.0 Å². The van der Waals surface area contributed by atoms with Crippen LogP contribution in [0.2, 0.25) is 0 Å². The number of ether oxygens (including phenoxy) is 1. The average Bonchev–Trinajstić information content (AvgIpc) is 3.21. The Kier molecular flexibility index (Phi) is 7.01. The van der Waals surface area contributed by atoms with Crippen LogP contribution in [0.3, 0.4) is 0 Å². The van der Waals surface area contributed by atoms with Gasteiger partial charge in [-0.3, -0.25) is 14.2 Å². The number of hydrogen-bond donors (Lipinski definition) is 1. The quantitative estimate of drug-likeness (QED) is 0.383. The second-order valence-electron chi connectivity index (χ2n) is 8.90. The molecule has 1 N–H and O–H groups in total. The molecule has 2 heterocycles. The fourth-order valence-corrected chi connectivity index (χ4v) is 6.18. The Morgan fingerprint density at radius 1 is 1.35 bits per heavy atom. The number of benzene rings is 1. The first-order valence-corrected chi connectivity index (χ1v) is 13.1. The summed E-state index contributed by atoms with van der Waals surface area (Å²) in [5.74, 6) is 0.250. The Morgan fingerprint density at radius 3 is 2.79 bits per heavy atom. The van der Waals surface area contributed by atoms with Crippen molar-refractivity contribution in [3.8, 4) is 17.5 Å². The number of amides is 1. The Bertz CT molecular complexity index is 1340.